The predicted octanol–water partition coefficient (Wildman–Crippen LogP) is 2.73. The summed E-state index contributed by atoms with van der Waals surface area (Å²) in [4.78, 5) is 28.9. The third kappa shape index (κ3) is 6.05. The van der Waals surface area contributed by atoms with Crippen LogP contribution in [0.1, 0.15) is 12.5 Å². The molecule has 2 aromatic carbocycles. The molecule has 2 aromatic rings. The molecule has 3 rings (SSSR count). The largest absolute Gasteiger partial charge is 0.378 e. The van der Waals surface area contributed by atoms with Gasteiger partial charge < -0.3 is 20.3 Å². The number of morpholine rings is 1. The SMILES string of the molecule is Cc1ccc(NC(=O)CN(C)[C@@H](C)C(=O)Nc2ccc(N3CCOCC3)cc2)cc1. The molecule has 0 aliphatic carbocycles. The first kappa shape index (κ1) is 21.8. The van der Waals surface area contributed by atoms with E-state index in [0.29, 0.717) is 0 Å². The van der Waals surface area contributed by atoms with Gasteiger partial charge in [-0.05, 0) is 57.3 Å². The second-order valence-electron chi connectivity index (χ2n) is 7.64. The van der Waals surface area contributed by atoms with Crippen molar-refractivity contribution < 1.29 is 14.3 Å². The van der Waals surface area contributed by atoms with E-state index in [1.165, 1.54) is 0 Å². The number of carbonyl (C=O) groups is 2. The molecule has 0 bridgehead atoms. The van der Waals surface area contributed by atoms with E-state index in [4.69, 9.17) is 4.74 Å². The Morgan fingerprint density at radius 2 is 1.57 bits per heavy atom. The maximum absolute atomic E-state index is 12.6. The number of hydrogen-bond acceptors (Lipinski definition) is 5. The van der Waals surface area contributed by atoms with E-state index >= 15 is 0 Å². The first-order chi connectivity index (χ1) is 14.4. The number of amides is 2. The summed E-state index contributed by atoms with van der Waals surface area (Å²) >= 11 is 0. The highest BCUT2D eigenvalue weighted by Gasteiger charge is 2.20. The van der Waals surface area contributed by atoms with Gasteiger partial charge in [0.1, 0.15) is 0 Å². The van der Waals surface area contributed by atoms with Gasteiger partial charge in [0.05, 0.1) is 25.8 Å². The van der Waals surface area contributed by atoms with Crippen LogP contribution in [0.4, 0.5) is 17.1 Å². The minimum absolute atomic E-state index is 0.123. The highest BCUT2D eigenvalue weighted by molar-refractivity contribution is 5.96. The zero-order chi connectivity index (χ0) is 21.5. The lowest BCUT2D eigenvalue weighted by atomic mass is 10.2. The number of benzene rings is 2. The Balaban J connectivity index is 1.49. The van der Waals surface area contributed by atoms with Gasteiger partial charge in [0.15, 0.2) is 0 Å². The number of rotatable bonds is 7. The van der Waals surface area contributed by atoms with Crippen LogP contribution in [0.15, 0.2) is 48.5 Å². The van der Waals surface area contributed by atoms with Crippen molar-refractivity contribution in [3.8, 4) is 0 Å². The number of nitrogens with one attached hydrogen (secondary N) is 2. The second kappa shape index (κ2) is 10.2. The van der Waals surface area contributed by atoms with Crippen LogP contribution in [0.25, 0.3) is 0 Å². The molecule has 1 aliphatic rings. The summed E-state index contributed by atoms with van der Waals surface area (Å²) in [5, 5.41) is 5.78. The molecule has 7 heteroatoms. The zero-order valence-corrected chi connectivity index (χ0v) is 17.9. The van der Waals surface area contributed by atoms with Gasteiger partial charge in [-0.3, -0.25) is 14.5 Å². The summed E-state index contributed by atoms with van der Waals surface area (Å²) in [6.45, 7) is 7.13. The molecule has 1 saturated heterocycles. The van der Waals surface area contributed by atoms with Gasteiger partial charge in [-0.2, -0.15) is 0 Å². The third-order valence-corrected chi connectivity index (χ3v) is 5.28. The minimum atomic E-state index is -0.451. The van der Waals surface area contributed by atoms with Crippen LogP contribution < -0.4 is 15.5 Å². The first-order valence-corrected chi connectivity index (χ1v) is 10.2. The van der Waals surface area contributed by atoms with Crippen molar-refractivity contribution in [2.24, 2.45) is 0 Å². The fourth-order valence-electron chi connectivity index (χ4n) is 3.22. The highest BCUT2D eigenvalue weighted by Crippen LogP contribution is 2.19. The summed E-state index contributed by atoms with van der Waals surface area (Å²) in [6, 6.07) is 15.0. The van der Waals surface area contributed by atoms with Gasteiger partial charge in [0.25, 0.3) is 0 Å². The lowest BCUT2D eigenvalue weighted by Crippen LogP contribution is -2.43. The number of carbonyl (C=O) groups excluding carboxylic acids is 2. The van der Waals surface area contributed by atoms with Crippen molar-refractivity contribution in [3.63, 3.8) is 0 Å². The zero-order valence-electron chi connectivity index (χ0n) is 17.9. The van der Waals surface area contributed by atoms with E-state index in [0.717, 1.165) is 48.9 Å². The van der Waals surface area contributed by atoms with Crippen LogP contribution in [-0.4, -0.2) is 62.7 Å². The summed E-state index contributed by atoms with van der Waals surface area (Å²) in [6.07, 6.45) is 0. The normalized spacial score (nSPS) is 15.0. The Kier molecular flexibility index (Phi) is 7.43. The molecule has 0 spiro atoms. The monoisotopic (exact) mass is 410 g/mol. The first-order valence-electron chi connectivity index (χ1n) is 10.2. The minimum Gasteiger partial charge on any atom is -0.378 e. The Labute approximate surface area is 178 Å². The van der Waals surface area contributed by atoms with Crippen LogP contribution in [0.5, 0.6) is 0 Å². The van der Waals surface area contributed by atoms with Gasteiger partial charge in [0.2, 0.25) is 11.8 Å². The van der Waals surface area contributed by atoms with E-state index < -0.39 is 6.04 Å². The third-order valence-electron chi connectivity index (χ3n) is 5.28. The van der Waals surface area contributed by atoms with Crippen LogP contribution >= 0.6 is 0 Å². The summed E-state index contributed by atoms with van der Waals surface area (Å²) in [5.41, 5.74) is 3.74. The van der Waals surface area contributed by atoms with E-state index in [1.54, 1.807) is 18.9 Å². The van der Waals surface area contributed by atoms with E-state index in [9.17, 15) is 9.59 Å². The topological polar surface area (TPSA) is 73.9 Å². The van der Waals surface area contributed by atoms with Crippen LogP contribution in [0.3, 0.4) is 0 Å². The van der Waals surface area contributed by atoms with Crippen molar-refractivity contribution in [2.75, 3.05) is 55.4 Å². The molecule has 0 aromatic heterocycles. The molecule has 0 unspecified atom stereocenters. The molecule has 2 amide bonds. The summed E-state index contributed by atoms with van der Waals surface area (Å²) in [7, 11) is 1.76. The van der Waals surface area contributed by atoms with Gasteiger partial charge in [0, 0.05) is 30.2 Å². The molecule has 0 saturated carbocycles. The molecular weight excluding hydrogens is 380 g/mol. The number of aryl methyl sites for hydroxylation is 1. The average Bonchev–Trinajstić information content (AvgIpc) is 2.76. The van der Waals surface area contributed by atoms with E-state index in [2.05, 4.69) is 15.5 Å². The highest BCUT2D eigenvalue weighted by atomic mass is 16.5. The number of anilines is 3. The summed E-state index contributed by atoms with van der Waals surface area (Å²) in [5.74, 6) is -0.310. The van der Waals surface area contributed by atoms with Gasteiger partial charge >= 0.3 is 0 Å². The maximum Gasteiger partial charge on any atom is 0.241 e. The Hall–Kier alpha value is -2.90. The molecular formula is C23H30N4O3. The van der Waals surface area contributed by atoms with E-state index in [1.807, 2.05) is 55.5 Å². The molecule has 1 fully saturated rings. The smallest absolute Gasteiger partial charge is 0.241 e. The van der Waals surface area contributed by atoms with Crippen molar-refractivity contribution in [2.45, 2.75) is 19.9 Å². The quantitative estimate of drug-likeness (QED) is 0.734. The molecule has 160 valence electrons. The molecule has 7 nitrogen and oxygen atoms in total. The molecule has 30 heavy (non-hydrogen) atoms. The average molecular weight is 411 g/mol. The lowest BCUT2D eigenvalue weighted by molar-refractivity contribution is -0.122. The Bertz CT molecular complexity index is 846. The molecule has 0 radical (unpaired) electrons. The number of likely N-dealkylation sites (N-methyl/N-ethyl adjacent to an activating group) is 1. The van der Waals surface area contributed by atoms with Crippen LogP contribution in [0.2, 0.25) is 0 Å². The number of nitrogens with zero attached hydrogens (tertiary/aromatic N) is 2. The van der Waals surface area contributed by atoms with Crippen molar-refractivity contribution in [1.29, 1.82) is 0 Å². The maximum atomic E-state index is 12.6. The molecule has 2 N–H and O–H groups in total. The van der Waals surface area contributed by atoms with Gasteiger partial charge in [-0.15, -0.1) is 0 Å². The Morgan fingerprint density at radius 1 is 1.00 bits per heavy atom. The van der Waals surface area contributed by atoms with Crippen molar-refractivity contribution in [1.82, 2.24) is 4.90 Å². The summed E-state index contributed by atoms with van der Waals surface area (Å²) < 4.78 is 5.38. The standard InChI is InChI=1S/C23H30N4O3/c1-17-4-6-19(7-5-17)24-22(28)16-26(3)18(2)23(29)25-20-8-10-21(11-9-20)27-12-14-30-15-13-27/h4-11,18H,12-16H2,1-3H3,(H,24,28)(H,25,29)/t18-/m0/s1. The van der Waals surface area contributed by atoms with Crippen molar-refractivity contribution >= 4 is 28.9 Å². The fourth-order valence-corrected chi connectivity index (χ4v) is 3.22. The van der Waals surface area contributed by atoms with Crippen LogP contribution in [0, 0.1) is 6.92 Å². The second-order valence-corrected chi connectivity index (χ2v) is 7.64. The predicted molar refractivity (Wildman–Crippen MR) is 120 cm³/mol. The van der Waals surface area contributed by atoms with Gasteiger partial charge in [-0.25, -0.2) is 0 Å². The number of ether oxygens (including phenoxy) is 1. The lowest BCUT2D eigenvalue weighted by Gasteiger charge is -2.29. The molecule has 1 atom stereocenters. The Morgan fingerprint density at radius 3 is 2.20 bits per heavy atom. The molecule has 1 aliphatic heterocycles. The van der Waals surface area contributed by atoms with E-state index in [-0.39, 0.29) is 18.4 Å². The number of hydrogen-bond donors (Lipinski definition) is 2. The fraction of sp³-hybridized carbons (Fsp3) is 0.391. The van der Waals surface area contributed by atoms with Crippen molar-refractivity contribution in [3.05, 3.63) is 54.1 Å². The molecule has 1 heterocycles. The van der Waals surface area contributed by atoms with Gasteiger partial charge in [-0.1, -0.05) is 17.7 Å². The van der Waals surface area contributed by atoms with Crippen LogP contribution in [-0.2, 0) is 14.3 Å².